The number of hydrogen-bond donors (Lipinski definition) is 1. The van der Waals surface area contributed by atoms with Crippen molar-refractivity contribution in [3.63, 3.8) is 0 Å². The number of carbonyl (C=O) groups is 1. The molecule has 1 aliphatic heterocycles. The van der Waals surface area contributed by atoms with Gasteiger partial charge in [0.2, 0.25) is 0 Å². The van der Waals surface area contributed by atoms with Crippen molar-refractivity contribution in [1.82, 2.24) is 4.90 Å². The molecule has 0 aliphatic carbocycles. The number of para-hydroxylation sites is 1. The highest BCUT2D eigenvalue weighted by Crippen LogP contribution is 2.31. The van der Waals surface area contributed by atoms with E-state index < -0.39 is 0 Å². The van der Waals surface area contributed by atoms with Gasteiger partial charge in [-0.2, -0.15) is 0 Å². The molecule has 2 N–H and O–H groups in total. The zero-order valence-electron chi connectivity index (χ0n) is 12.0. The summed E-state index contributed by atoms with van der Waals surface area (Å²) in [7, 11) is 0. The number of amides is 1. The topological polar surface area (TPSA) is 59.5 Å². The fraction of sp³-hybridized carbons (Fsp3) is 0.438. The summed E-state index contributed by atoms with van der Waals surface area (Å²) in [4.78, 5) is 14.4. The highest BCUT2D eigenvalue weighted by Gasteiger charge is 2.36. The molecule has 1 saturated heterocycles. The average molecular weight is 272 g/mol. The van der Waals surface area contributed by atoms with Crippen molar-refractivity contribution in [3.8, 4) is 0 Å². The fourth-order valence-corrected chi connectivity index (χ4v) is 2.83. The average Bonchev–Trinajstić information content (AvgIpc) is 3.03. The van der Waals surface area contributed by atoms with Gasteiger partial charge in [0.05, 0.1) is 0 Å². The SMILES string of the molecule is Cc1cccc2cc(C(=O)N3CCC(C)(CN)C3)oc12. The van der Waals surface area contributed by atoms with E-state index in [9.17, 15) is 4.79 Å². The van der Waals surface area contributed by atoms with Crippen molar-refractivity contribution in [3.05, 3.63) is 35.6 Å². The van der Waals surface area contributed by atoms with E-state index in [0.29, 0.717) is 18.8 Å². The minimum absolute atomic E-state index is 0.0298. The van der Waals surface area contributed by atoms with E-state index in [4.69, 9.17) is 10.2 Å². The van der Waals surface area contributed by atoms with Crippen molar-refractivity contribution in [2.24, 2.45) is 11.1 Å². The summed E-state index contributed by atoms with van der Waals surface area (Å²) in [6.45, 7) is 6.18. The molecular weight excluding hydrogens is 252 g/mol. The maximum Gasteiger partial charge on any atom is 0.289 e. The number of rotatable bonds is 2. The van der Waals surface area contributed by atoms with Crippen molar-refractivity contribution in [1.29, 1.82) is 0 Å². The van der Waals surface area contributed by atoms with Gasteiger partial charge in [0.1, 0.15) is 5.58 Å². The number of nitrogens with zero attached hydrogens (tertiary/aromatic N) is 1. The molecule has 2 aromatic rings. The van der Waals surface area contributed by atoms with Gasteiger partial charge >= 0.3 is 0 Å². The van der Waals surface area contributed by atoms with E-state index >= 15 is 0 Å². The zero-order chi connectivity index (χ0) is 14.3. The van der Waals surface area contributed by atoms with E-state index in [2.05, 4.69) is 6.92 Å². The molecule has 3 rings (SSSR count). The quantitative estimate of drug-likeness (QED) is 0.914. The Labute approximate surface area is 118 Å². The van der Waals surface area contributed by atoms with Gasteiger partial charge in [0.15, 0.2) is 5.76 Å². The van der Waals surface area contributed by atoms with Gasteiger partial charge < -0.3 is 15.1 Å². The first-order valence-corrected chi connectivity index (χ1v) is 7.01. The van der Waals surface area contributed by atoms with E-state index in [1.165, 1.54) is 0 Å². The van der Waals surface area contributed by atoms with Crippen molar-refractivity contribution < 1.29 is 9.21 Å². The molecule has 2 heterocycles. The molecular formula is C16H20N2O2. The molecule has 1 fully saturated rings. The second-order valence-corrected chi connectivity index (χ2v) is 6.10. The molecule has 0 saturated carbocycles. The number of fused-ring (bicyclic) bond motifs is 1. The van der Waals surface area contributed by atoms with Crippen LogP contribution in [0.15, 0.2) is 28.7 Å². The molecule has 4 nitrogen and oxygen atoms in total. The number of furan rings is 1. The molecule has 1 aliphatic rings. The van der Waals surface area contributed by atoms with Gasteiger partial charge in [-0.1, -0.05) is 25.1 Å². The van der Waals surface area contributed by atoms with E-state index in [0.717, 1.165) is 29.5 Å². The molecule has 1 aromatic heterocycles. The Hall–Kier alpha value is -1.81. The first-order valence-electron chi connectivity index (χ1n) is 7.01. The monoisotopic (exact) mass is 272 g/mol. The largest absolute Gasteiger partial charge is 0.451 e. The van der Waals surface area contributed by atoms with Crippen LogP contribution in [0.1, 0.15) is 29.5 Å². The Balaban J connectivity index is 1.88. The molecule has 1 unspecified atom stereocenters. The first kappa shape index (κ1) is 13.2. The van der Waals surface area contributed by atoms with Crippen LogP contribution in [0.3, 0.4) is 0 Å². The predicted molar refractivity (Wildman–Crippen MR) is 78.6 cm³/mol. The zero-order valence-corrected chi connectivity index (χ0v) is 12.0. The van der Waals surface area contributed by atoms with Gasteiger partial charge in [-0.15, -0.1) is 0 Å². The summed E-state index contributed by atoms with van der Waals surface area (Å²) in [5.41, 5.74) is 7.68. The minimum Gasteiger partial charge on any atom is -0.451 e. The first-order chi connectivity index (χ1) is 9.52. The molecule has 106 valence electrons. The number of benzene rings is 1. The number of likely N-dealkylation sites (tertiary alicyclic amines) is 1. The van der Waals surface area contributed by atoms with Crippen LogP contribution in [0.25, 0.3) is 11.0 Å². The summed E-state index contributed by atoms with van der Waals surface area (Å²) >= 11 is 0. The second kappa shape index (κ2) is 4.63. The summed E-state index contributed by atoms with van der Waals surface area (Å²) in [5.74, 6) is 0.397. The van der Waals surface area contributed by atoms with E-state index in [1.54, 1.807) is 0 Å². The van der Waals surface area contributed by atoms with Crippen LogP contribution >= 0.6 is 0 Å². The van der Waals surface area contributed by atoms with Crippen molar-refractivity contribution in [2.75, 3.05) is 19.6 Å². The third-order valence-electron chi connectivity index (χ3n) is 4.29. The lowest BCUT2D eigenvalue weighted by Gasteiger charge is -2.21. The summed E-state index contributed by atoms with van der Waals surface area (Å²) in [6.07, 6.45) is 0.953. The Bertz CT molecular complexity index is 662. The molecule has 4 heteroatoms. The Kier molecular flexibility index (Phi) is 3.05. The van der Waals surface area contributed by atoms with E-state index in [1.807, 2.05) is 36.1 Å². The van der Waals surface area contributed by atoms with Gasteiger partial charge in [0, 0.05) is 18.5 Å². The van der Waals surface area contributed by atoms with Crippen LogP contribution in [0.5, 0.6) is 0 Å². The second-order valence-electron chi connectivity index (χ2n) is 6.10. The highest BCUT2D eigenvalue weighted by atomic mass is 16.3. The van der Waals surface area contributed by atoms with Crippen LogP contribution in [0.4, 0.5) is 0 Å². The molecule has 20 heavy (non-hydrogen) atoms. The maximum atomic E-state index is 12.5. The van der Waals surface area contributed by atoms with Crippen LogP contribution in [-0.4, -0.2) is 30.4 Å². The highest BCUT2D eigenvalue weighted by molar-refractivity contribution is 5.96. The lowest BCUT2D eigenvalue weighted by molar-refractivity contribution is 0.0747. The van der Waals surface area contributed by atoms with Crippen molar-refractivity contribution in [2.45, 2.75) is 20.3 Å². The predicted octanol–water partition coefficient (Wildman–Crippen LogP) is 2.55. The van der Waals surface area contributed by atoms with Gasteiger partial charge in [-0.05, 0) is 36.9 Å². The number of aryl methyl sites for hydroxylation is 1. The van der Waals surface area contributed by atoms with Crippen LogP contribution < -0.4 is 5.73 Å². The molecule has 1 amide bonds. The van der Waals surface area contributed by atoms with Crippen molar-refractivity contribution >= 4 is 16.9 Å². The third-order valence-corrected chi connectivity index (χ3v) is 4.29. The normalized spacial score (nSPS) is 22.6. The van der Waals surface area contributed by atoms with Gasteiger partial charge in [0.25, 0.3) is 5.91 Å². The molecule has 1 aromatic carbocycles. The third kappa shape index (κ3) is 2.10. The minimum atomic E-state index is -0.0298. The summed E-state index contributed by atoms with van der Waals surface area (Å²) in [6, 6.07) is 7.77. The Morgan fingerprint density at radius 2 is 2.30 bits per heavy atom. The van der Waals surface area contributed by atoms with Crippen LogP contribution in [0, 0.1) is 12.3 Å². The lowest BCUT2D eigenvalue weighted by Crippen LogP contribution is -2.34. The fourth-order valence-electron chi connectivity index (χ4n) is 2.83. The van der Waals surface area contributed by atoms with Gasteiger partial charge in [-0.3, -0.25) is 4.79 Å². The molecule has 0 spiro atoms. The molecule has 0 radical (unpaired) electrons. The molecule has 0 bridgehead atoms. The number of carbonyl (C=O) groups excluding carboxylic acids is 1. The standard InChI is InChI=1S/C16H20N2O2/c1-11-4-3-5-12-8-13(20-14(11)12)15(19)18-7-6-16(2,9-17)10-18/h3-5,8H,6-7,9-10,17H2,1-2H3. The summed E-state index contributed by atoms with van der Waals surface area (Å²) in [5, 5.41) is 0.981. The number of hydrogen-bond acceptors (Lipinski definition) is 3. The number of nitrogens with two attached hydrogens (primary N) is 1. The van der Waals surface area contributed by atoms with Crippen LogP contribution in [-0.2, 0) is 0 Å². The smallest absolute Gasteiger partial charge is 0.289 e. The van der Waals surface area contributed by atoms with E-state index in [-0.39, 0.29) is 11.3 Å². The van der Waals surface area contributed by atoms with Gasteiger partial charge in [-0.25, -0.2) is 0 Å². The Morgan fingerprint density at radius 1 is 1.50 bits per heavy atom. The lowest BCUT2D eigenvalue weighted by atomic mass is 9.90. The van der Waals surface area contributed by atoms with Crippen LogP contribution in [0.2, 0.25) is 0 Å². The maximum absolute atomic E-state index is 12.5. The molecule has 1 atom stereocenters. The summed E-state index contributed by atoms with van der Waals surface area (Å²) < 4.78 is 5.75. The Morgan fingerprint density at radius 3 is 2.95 bits per heavy atom.